The Bertz CT molecular complexity index is 363. The first kappa shape index (κ1) is 12.8. The molecule has 4 aliphatic carbocycles. The van der Waals surface area contributed by atoms with Gasteiger partial charge < -0.3 is 0 Å². The van der Waals surface area contributed by atoms with Crippen molar-refractivity contribution in [1.29, 1.82) is 0 Å². The molecule has 0 aliphatic heterocycles. The first-order valence-electron chi connectivity index (χ1n) is 8.57. The number of unbranched alkanes of at least 4 members (excludes halogenated alkanes) is 1. The number of fused-ring (bicyclic) bond motifs is 9. The molecule has 0 saturated heterocycles. The Labute approximate surface area is 122 Å². The largest absolute Gasteiger partial charge is 0.158 e. The molecule has 19 heavy (non-hydrogen) atoms. The van der Waals surface area contributed by atoms with Gasteiger partial charge in [0.2, 0.25) is 0 Å². The lowest BCUT2D eigenvalue weighted by atomic mass is 9.67. The van der Waals surface area contributed by atoms with Crippen LogP contribution in [0.15, 0.2) is 12.7 Å². The van der Waals surface area contributed by atoms with Gasteiger partial charge in [-0.1, -0.05) is 19.4 Å². The highest BCUT2D eigenvalue weighted by Gasteiger charge is 2.63. The minimum atomic E-state index is 0.886. The number of thioether (sulfide) groups is 1. The van der Waals surface area contributed by atoms with Gasteiger partial charge in [-0.3, -0.25) is 0 Å². The van der Waals surface area contributed by atoms with E-state index < -0.39 is 0 Å². The van der Waals surface area contributed by atoms with Gasteiger partial charge in [0.05, 0.1) is 0 Å². The van der Waals surface area contributed by atoms with E-state index in [9.17, 15) is 0 Å². The molecule has 4 saturated carbocycles. The molecule has 106 valence electrons. The number of rotatable bonds is 5. The average Bonchev–Trinajstić information content (AvgIpc) is 3.15. The Kier molecular flexibility index (Phi) is 3.25. The van der Waals surface area contributed by atoms with Gasteiger partial charge in [-0.25, -0.2) is 0 Å². The van der Waals surface area contributed by atoms with Crippen LogP contribution in [0.25, 0.3) is 0 Å². The van der Waals surface area contributed by atoms with Crippen LogP contribution in [-0.2, 0) is 0 Å². The van der Waals surface area contributed by atoms with Crippen LogP contribution < -0.4 is 0 Å². The average molecular weight is 276 g/mol. The van der Waals surface area contributed by atoms with E-state index in [-0.39, 0.29) is 0 Å². The highest BCUT2D eigenvalue weighted by Crippen LogP contribution is 2.70. The van der Waals surface area contributed by atoms with Crippen molar-refractivity contribution in [2.24, 2.45) is 41.4 Å². The number of hydrogen-bond donors (Lipinski definition) is 0. The molecule has 4 rings (SSSR count). The molecule has 0 aromatic carbocycles. The van der Waals surface area contributed by atoms with Gasteiger partial charge in [-0.15, -0.1) is 6.58 Å². The second-order valence-electron chi connectivity index (χ2n) is 7.61. The summed E-state index contributed by atoms with van der Waals surface area (Å²) in [7, 11) is 0. The fourth-order valence-electron chi connectivity index (χ4n) is 6.43. The highest BCUT2D eigenvalue weighted by atomic mass is 32.2. The van der Waals surface area contributed by atoms with E-state index in [1.165, 1.54) is 25.0 Å². The molecule has 0 N–H and O–H groups in total. The van der Waals surface area contributed by atoms with Crippen molar-refractivity contribution in [3.8, 4) is 0 Å². The van der Waals surface area contributed by atoms with E-state index >= 15 is 0 Å². The molecule has 0 amide bonds. The van der Waals surface area contributed by atoms with E-state index in [0.29, 0.717) is 0 Å². The van der Waals surface area contributed by atoms with Gasteiger partial charge in [0, 0.05) is 5.25 Å². The molecule has 0 nitrogen and oxygen atoms in total. The fraction of sp³-hybridized carbons (Fsp3) is 0.889. The Morgan fingerprint density at radius 2 is 1.79 bits per heavy atom. The lowest BCUT2D eigenvalue weighted by Gasteiger charge is -2.40. The topological polar surface area (TPSA) is 0 Å². The molecule has 0 spiro atoms. The monoisotopic (exact) mass is 276 g/mol. The molecule has 0 aromatic rings. The Balaban J connectivity index is 1.45. The summed E-state index contributed by atoms with van der Waals surface area (Å²) in [5, 5.41) is 1.04. The maximum absolute atomic E-state index is 4.10. The van der Waals surface area contributed by atoms with Crippen molar-refractivity contribution in [2.45, 2.75) is 50.7 Å². The van der Waals surface area contributed by atoms with Crippen molar-refractivity contribution in [2.75, 3.05) is 5.75 Å². The molecular formula is C18H28S. The number of allylic oxidation sites excluding steroid dienone is 1. The van der Waals surface area contributed by atoms with Crippen molar-refractivity contribution in [1.82, 2.24) is 0 Å². The van der Waals surface area contributed by atoms with Gasteiger partial charge in [0.25, 0.3) is 0 Å². The summed E-state index contributed by atoms with van der Waals surface area (Å²) in [5.74, 6) is 8.91. The molecule has 1 heteroatoms. The molecule has 8 atom stereocenters. The van der Waals surface area contributed by atoms with E-state index in [2.05, 4.69) is 31.3 Å². The van der Waals surface area contributed by atoms with E-state index in [1.54, 1.807) is 19.3 Å². The Morgan fingerprint density at radius 3 is 2.58 bits per heavy atom. The van der Waals surface area contributed by atoms with Gasteiger partial charge in [0.15, 0.2) is 0 Å². The zero-order valence-electron chi connectivity index (χ0n) is 12.3. The smallest absolute Gasteiger partial charge is 0.00810 e. The van der Waals surface area contributed by atoms with Crippen LogP contribution >= 0.6 is 11.8 Å². The van der Waals surface area contributed by atoms with Crippen molar-refractivity contribution in [3.63, 3.8) is 0 Å². The zero-order valence-corrected chi connectivity index (χ0v) is 13.1. The SMILES string of the molecule is C=C[C@H]1C[C@@H]2C[C@H]1C1C2[C@H]2C[C@@H]1C[C@@H]2SCCCC. The second-order valence-corrected chi connectivity index (χ2v) is 8.95. The molecule has 4 fully saturated rings. The maximum atomic E-state index is 4.10. The normalized spacial score (nSPS) is 53.7. The summed E-state index contributed by atoms with van der Waals surface area (Å²) < 4.78 is 0. The lowest BCUT2D eigenvalue weighted by Crippen LogP contribution is -2.36. The van der Waals surface area contributed by atoms with Gasteiger partial charge >= 0.3 is 0 Å². The van der Waals surface area contributed by atoms with Crippen molar-refractivity contribution >= 4 is 11.8 Å². The molecule has 0 radical (unpaired) electrons. The van der Waals surface area contributed by atoms with E-state index in [0.717, 1.165) is 46.7 Å². The van der Waals surface area contributed by atoms with Crippen LogP contribution in [0.2, 0.25) is 0 Å². The van der Waals surface area contributed by atoms with Crippen LogP contribution in [0.4, 0.5) is 0 Å². The molecule has 2 unspecified atom stereocenters. The Morgan fingerprint density at radius 1 is 1.05 bits per heavy atom. The third-order valence-electron chi connectivity index (χ3n) is 6.94. The van der Waals surface area contributed by atoms with E-state index in [1.807, 2.05) is 0 Å². The molecule has 0 aromatic heterocycles. The summed E-state index contributed by atoms with van der Waals surface area (Å²) in [6.45, 7) is 6.42. The quantitative estimate of drug-likeness (QED) is 0.387. The van der Waals surface area contributed by atoms with Gasteiger partial charge in [-0.2, -0.15) is 11.8 Å². The van der Waals surface area contributed by atoms with E-state index in [4.69, 9.17) is 0 Å². The second kappa shape index (κ2) is 4.83. The zero-order chi connectivity index (χ0) is 13.0. The third-order valence-corrected chi connectivity index (χ3v) is 8.44. The van der Waals surface area contributed by atoms with Crippen molar-refractivity contribution in [3.05, 3.63) is 12.7 Å². The molecule has 4 bridgehead atoms. The number of hydrogen-bond acceptors (Lipinski definition) is 1. The standard InChI is InChI=1S/C18H28S/c1-3-5-6-19-16-10-13-9-15(16)18-12-7-11(4-2)14(8-12)17(13)18/h4,11-18H,2-3,5-10H2,1H3/t11-,12+,13+,14+,15-,16-,17?,18?/m0/s1. The molecule has 0 heterocycles. The molecular weight excluding hydrogens is 248 g/mol. The third kappa shape index (κ3) is 1.79. The van der Waals surface area contributed by atoms with Crippen molar-refractivity contribution < 1.29 is 0 Å². The maximum Gasteiger partial charge on any atom is 0.00810 e. The van der Waals surface area contributed by atoms with Crippen LogP contribution in [0.5, 0.6) is 0 Å². The summed E-state index contributed by atoms with van der Waals surface area (Å²) in [4.78, 5) is 0. The minimum Gasteiger partial charge on any atom is -0.158 e. The predicted octanol–water partition coefficient (Wildman–Crippen LogP) is 5.00. The van der Waals surface area contributed by atoms with Crippen LogP contribution in [0.3, 0.4) is 0 Å². The van der Waals surface area contributed by atoms with Crippen LogP contribution in [0.1, 0.15) is 45.4 Å². The van der Waals surface area contributed by atoms with Crippen LogP contribution in [-0.4, -0.2) is 11.0 Å². The van der Waals surface area contributed by atoms with Gasteiger partial charge in [0.1, 0.15) is 0 Å². The first-order valence-corrected chi connectivity index (χ1v) is 9.62. The minimum absolute atomic E-state index is 0.886. The predicted molar refractivity (Wildman–Crippen MR) is 84.2 cm³/mol. The Hall–Kier alpha value is 0.0900. The van der Waals surface area contributed by atoms with Crippen LogP contribution in [0, 0.1) is 41.4 Å². The summed E-state index contributed by atoms with van der Waals surface area (Å²) in [5.41, 5.74) is 0. The first-order chi connectivity index (χ1) is 9.33. The highest BCUT2D eigenvalue weighted by molar-refractivity contribution is 7.99. The van der Waals surface area contributed by atoms with Gasteiger partial charge in [-0.05, 0) is 79.3 Å². The fourth-order valence-corrected chi connectivity index (χ4v) is 8.11. The summed E-state index contributed by atoms with van der Waals surface area (Å²) in [6.07, 6.45) is 11.3. The molecule has 4 aliphatic rings. The summed E-state index contributed by atoms with van der Waals surface area (Å²) in [6, 6.07) is 0. The summed E-state index contributed by atoms with van der Waals surface area (Å²) >= 11 is 2.33. The lowest BCUT2D eigenvalue weighted by molar-refractivity contribution is 0.125.